The van der Waals surface area contributed by atoms with Crippen molar-refractivity contribution in [3.8, 4) is 11.3 Å². The molecule has 0 saturated carbocycles. The number of ether oxygens (including phenoxy) is 1. The molecular formula is C24H22F4N6O2. The first kappa shape index (κ1) is 24.0. The molecule has 1 fully saturated rings. The first-order chi connectivity index (χ1) is 17.0. The van der Waals surface area contributed by atoms with Crippen LogP contribution < -0.4 is 5.56 Å². The molecule has 5 rings (SSSR count). The van der Waals surface area contributed by atoms with E-state index in [4.69, 9.17) is 4.74 Å². The summed E-state index contributed by atoms with van der Waals surface area (Å²) in [7, 11) is 3.34. The second kappa shape index (κ2) is 8.77. The second-order valence-electron chi connectivity index (χ2n) is 8.87. The predicted octanol–water partition coefficient (Wildman–Crippen LogP) is 4.23. The molecule has 2 atom stereocenters. The number of rotatable bonds is 3. The van der Waals surface area contributed by atoms with Crippen LogP contribution in [0.15, 0.2) is 35.4 Å². The van der Waals surface area contributed by atoms with Gasteiger partial charge in [-0.25, -0.2) is 19.3 Å². The van der Waals surface area contributed by atoms with Gasteiger partial charge in [0.1, 0.15) is 28.7 Å². The Labute approximate surface area is 202 Å². The number of halogens is 4. The van der Waals surface area contributed by atoms with Gasteiger partial charge in [-0.2, -0.15) is 18.3 Å². The number of aryl methyl sites for hydroxylation is 2. The van der Waals surface area contributed by atoms with Crippen LogP contribution in [0.25, 0.3) is 22.3 Å². The molecule has 0 spiro atoms. The van der Waals surface area contributed by atoms with Gasteiger partial charge in [0.05, 0.1) is 17.9 Å². The summed E-state index contributed by atoms with van der Waals surface area (Å²) in [5.74, 6) is -0.733. The van der Waals surface area contributed by atoms with E-state index in [1.165, 1.54) is 11.6 Å². The highest BCUT2D eigenvalue weighted by atomic mass is 19.4. The molecule has 4 heterocycles. The minimum atomic E-state index is -4.70. The van der Waals surface area contributed by atoms with Gasteiger partial charge in [-0.15, -0.1) is 0 Å². The fraction of sp³-hybridized carbons (Fsp3) is 0.375. The van der Waals surface area contributed by atoms with E-state index in [2.05, 4.69) is 20.1 Å². The third kappa shape index (κ3) is 4.25. The molecule has 8 nitrogen and oxygen atoms in total. The zero-order valence-electron chi connectivity index (χ0n) is 19.7. The minimum absolute atomic E-state index is 0.0215. The number of alkyl halides is 3. The summed E-state index contributed by atoms with van der Waals surface area (Å²) in [5.41, 5.74) is -0.887. The van der Waals surface area contributed by atoms with Gasteiger partial charge < -0.3 is 4.74 Å². The van der Waals surface area contributed by atoms with E-state index in [1.807, 2.05) is 6.20 Å². The Kier molecular flexibility index (Phi) is 5.86. The highest BCUT2D eigenvalue weighted by Gasteiger charge is 2.33. The predicted molar refractivity (Wildman–Crippen MR) is 122 cm³/mol. The van der Waals surface area contributed by atoms with E-state index in [9.17, 15) is 18.0 Å². The van der Waals surface area contributed by atoms with Crippen LogP contribution in [-0.2, 0) is 25.0 Å². The summed E-state index contributed by atoms with van der Waals surface area (Å²) in [5, 5.41) is 4.18. The lowest BCUT2D eigenvalue weighted by Crippen LogP contribution is -2.25. The minimum Gasteiger partial charge on any atom is -0.373 e. The number of benzene rings is 1. The Bertz CT molecular complexity index is 1530. The number of aromatic nitrogens is 6. The van der Waals surface area contributed by atoms with Crippen molar-refractivity contribution in [2.75, 3.05) is 6.61 Å². The zero-order chi connectivity index (χ0) is 25.8. The van der Waals surface area contributed by atoms with Crippen LogP contribution in [0.3, 0.4) is 0 Å². The van der Waals surface area contributed by atoms with Crippen molar-refractivity contribution in [3.05, 3.63) is 69.5 Å². The van der Waals surface area contributed by atoms with E-state index < -0.39 is 23.1 Å². The van der Waals surface area contributed by atoms with Crippen LogP contribution in [0.5, 0.6) is 0 Å². The molecule has 1 saturated heterocycles. The van der Waals surface area contributed by atoms with Crippen LogP contribution in [0.1, 0.15) is 47.6 Å². The van der Waals surface area contributed by atoms with E-state index >= 15 is 4.39 Å². The van der Waals surface area contributed by atoms with E-state index in [0.29, 0.717) is 31.3 Å². The van der Waals surface area contributed by atoms with E-state index in [1.54, 1.807) is 24.9 Å². The molecule has 0 radical (unpaired) electrons. The van der Waals surface area contributed by atoms with Gasteiger partial charge in [0.2, 0.25) is 0 Å². The van der Waals surface area contributed by atoms with Crippen LogP contribution in [0, 0.1) is 12.7 Å². The number of fused-ring (bicyclic) bond motifs is 1. The molecular weight excluding hydrogens is 480 g/mol. The van der Waals surface area contributed by atoms with Crippen molar-refractivity contribution in [2.45, 2.75) is 38.0 Å². The number of hydrogen-bond acceptors (Lipinski definition) is 6. The molecule has 12 heteroatoms. The Morgan fingerprint density at radius 1 is 1.11 bits per heavy atom. The average Bonchev–Trinajstić information content (AvgIpc) is 3.28. The Hall–Kier alpha value is -3.67. The lowest BCUT2D eigenvalue weighted by atomic mass is 9.92. The van der Waals surface area contributed by atoms with Crippen molar-refractivity contribution in [1.29, 1.82) is 0 Å². The summed E-state index contributed by atoms with van der Waals surface area (Å²) < 4.78 is 63.3. The summed E-state index contributed by atoms with van der Waals surface area (Å²) in [6.07, 6.45) is -0.379. The standard InChI is InChI=1S/C24H22F4N6O2/c1-12-30-20-19(16-5-4-15(9-17(16)25)24(26,27)28)31-22(32-21(20)23(35)34(12)3)13-6-7-36-18(8-13)14-10-29-33(2)11-14/h4-5,9-11,13,18H,6-8H2,1-3H3/t13-,18+/m1/s1. The second-order valence-corrected chi connectivity index (χ2v) is 8.87. The summed E-state index contributed by atoms with van der Waals surface area (Å²) in [6.45, 7) is 2.00. The molecule has 188 valence electrons. The lowest BCUT2D eigenvalue weighted by Gasteiger charge is -2.28. The molecule has 3 aromatic heterocycles. The van der Waals surface area contributed by atoms with Crippen molar-refractivity contribution in [1.82, 2.24) is 29.3 Å². The molecule has 1 aromatic carbocycles. The summed E-state index contributed by atoms with van der Waals surface area (Å²) in [4.78, 5) is 26.6. The third-order valence-electron chi connectivity index (χ3n) is 6.46. The molecule has 4 aromatic rings. The van der Waals surface area contributed by atoms with Crippen LogP contribution in [-0.4, -0.2) is 35.9 Å². The van der Waals surface area contributed by atoms with Gasteiger partial charge in [0, 0.05) is 43.9 Å². The van der Waals surface area contributed by atoms with Crippen molar-refractivity contribution in [3.63, 3.8) is 0 Å². The van der Waals surface area contributed by atoms with Crippen LogP contribution in [0.2, 0.25) is 0 Å². The van der Waals surface area contributed by atoms with E-state index in [0.717, 1.165) is 17.7 Å². The third-order valence-corrected chi connectivity index (χ3v) is 6.46. The molecule has 0 amide bonds. The monoisotopic (exact) mass is 502 g/mol. The molecule has 1 aliphatic rings. The zero-order valence-corrected chi connectivity index (χ0v) is 19.7. The molecule has 0 N–H and O–H groups in total. The average molecular weight is 502 g/mol. The Morgan fingerprint density at radius 2 is 1.89 bits per heavy atom. The number of hydrogen-bond donors (Lipinski definition) is 0. The van der Waals surface area contributed by atoms with Crippen molar-refractivity contribution >= 4 is 11.0 Å². The van der Waals surface area contributed by atoms with Gasteiger partial charge in [-0.1, -0.05) is 0 Å². The maximum atomic E-state index is 15.0. The first-order valence-electron chi connectivity index (χ1n) is 11.3. The topological polar surface area (TPSA) is 87.7 Å². The van der Waals surface area contributed by atoms with Gasteiger partial charge in [0.15, 0.2) is 5.52 Å². The smallest absolute Gasteiger partial charge is 0.373 e. The normalized spacial score (nSPS) is 18.6. The molecule has 0 unspecified atom stereocenters. The Balaban J connectivity index is 1.67. The van der Waals surface area contributed by atoms with Crippen LogP contribution >= 0.6 is 0 Å². The van der Waals surface area contributed by atoms with E-state index in [-0.39, 0.29) is 40.1 Å². The Morgan fingerprint density at radius 3 is 2.56 bits per heavy atom. The van der Waals surface area contributed by atoms with Gasteiger partial charge in [-0.3, -0.25) is 14.0 Å². The summed E-state index contributed by atoms with van der Waals surface area (Å²) >= 11 is 0. The maximum absolute atomic E-state index is 15.0. The first-order valence-corrected chi connectivity index (χ1v) is 11.3. The number of nitrogens with zero attached hydrogens (tertiary/aromatic N) is 6. The fourth-order valence-electron chi connectivity index (χ4n) is 4.39. The quantitative estimate of drug-likeness (QED) is 0.390. The molecule has 0 bridgehead atoms. The molecule has 0 aliphatic carbocycles. The highest BCUT2D eigenvalue weighted by molar-refractivity contribution is 5.88. The van der Waals surface area contributed by atoms with Crippen LogP contribution in [0.4, 0.5) is 17.6 Å². The largest absolute Gasteiger partial charge is 0.416 e. The summed E-state index contributed by atoms with van der Waals surface area (Å²) in [6, 6.07) is 2.22. The lowest BCUT2D eigenvalue weighted by molar-refractivity contribution is -0.137. The molecule has 36 heavy (non-hydrogen) atoms. The van der Waals surface area contributed by atoms with Gasteiger partial charge >= 0.3 is 6.18 Å². The fourth-order valence-corrected chi connectivity index (χ4v) is 4.39. The van der Waals surface area contributed by atoms with Crippen molar-refractivity contribution < 1.29 is 22.3 Å². The maximum Gasteiger partial charge on any atom is 0.416 e. The van der Waals surface area contributed by atoms with Crippen molar-refractivity contribution in [2.24, 2.45) is 14.1 Å². The SMILES string of the molecule is Cc1nc2c(-c3ccc(C(F)(F)F)cc3F)nc([C@@H]3CCO[C@H](c4cnn(C)c4)C3)nc2c(=O)n1C. The highest BCUT2D eigenvalue weighted by Crippen LogP contribution is 2.38. The van der Waals surface area contributed by atoms with Gasteiger partial charge in [-0.05, 0) is 38.0 Å². The molecule has 1 aliphatic heterocycles. The van der Waals surface area contributed by atoms with Gasteiger partial charge in [0.25, 0.3) is 5.56 Å².